The van der Waals surface area contributed by atoms with Crippen molar-refractivity contribution in [2.45, 2.75) is 23.0 Å². The number of rotatable bonds is 4. The zero-order valence-electron chi connectivity index (χ0n) is 15.3. The summed E-state index contributed by atoms with van der Waals surface area (Å²) in [5.41, 5.74) is 1.33. The van der Waals surface area contributed by atoms with Crippen LogP contribution in [0.15, 0.2) is 53.4 Å². The summed E-state index contributed by atoms with van der Waals surface area (Å²) in [6.07, 6.45) is 2.42. The number of para-hydroxylation sites is 2. The van der Waals surface area contributed by atoms with Gasteiger partial charge in [-0.2, -0.15) is 0 Å². The molecule has 3 rings (SSSR count). The molecule has 0 saturated carbocycles. The van der Waals surface area contributed by atoms with Gasteiger partial charge in [0.15, 0.2) is 5.97 Å². The summed E-state index contributed by atoms with van der Waals surface area (Å²) in [4.78, 5) is 20.8. The molecule has 2 N–H and O–H groups in total. The molecule has 0 saturated heterocycles. The first-order valence-corrected chi connectivity index (χ1v) is 9.52. The summed E-state index contributed by atoms with van der Waals surface area (Å²) in [5, 5.41) is 16.8. The van der Waals surface area contributed by atoms with Crippen LogP contribution in [0.25, 0.3) is 0 Å². The molecular weight excluding hydrogens is 366 g/mol. The first-order valence-electron chi connectivity index (χ1n) is 8.64. The lowest BCUT2D eigenvalue weighted by atomic mass is 10.1. The Morgan fingerprint density at radius 3 is 2.33 bits per heavy atom. The Balaban J connectivity index is 0.000000380. The summed E-state index contributed by atoms with van der Waals surface area (Å²) in [5.74, 6) is -2.02. The number of thioether (sulfide) groups is 1. The monoisotopic (exact) mass is 389 g/mol. The van der Waals surface area contributed by atoms with Crippen molar-refractivity contribution in [1.82, 2.24) is 0 Å². The van der Waals surface area contributed by atoms with E-state index in [0.717, 1.165) is 11.5 Å². The predicted molar refractivity (Wildman–Crippen MR) is 101 cm³/mol. The minimum absolute atomic E-state index is 0.476. The summed E-state index contributed by atoms with van der Waals surface area (Å²) in [7, 11) is 4.43. The maximum absolute atomic E-state index is 9.04. The lowest BCUT2D eigenvalue weighted by molar-refractivity contribution is -0.858. The Labute approximate surface area is 162 Å². The van der Waals surface area contributed by atoms with E-state index < -0.39 is 11.9 Å². The molecule has 0 fully saturated rings. The van der Waals surface area contributed by atoms with Gasteiger partial charge in [-0.1, -0.05) is 30.3 Å². The SMILES string of the molecule is C[NH+](C)CCCC1Sc2ccccc2Oc2ccccc21.O=C([O-])C(=O)O. The molecule has 1 heterocycles. The highest BCUT2D eigenvalue weighted by Gasteiger charge is 2.23. The van der Waals surface area contributed by atoms with Gasteiger partial charge in [-0.3, -0.25) is 0 Å². The first-order chi connectivity index (χ1) is 12.9. The molecular formula is C20H23NO5S. The third-order valence-corrected chi connectivity index (χ3v) is 5.29. The molecule has 144 valence electrons. The second-order valence-electron chi connectivity index (χ2n) is 6.39. The second kappa shape index (κ2) is 9.99. The van der Waals surface area contributed by atoms with Crippen LogP contribution < -0.4 is 14.7 Å². The van der Waals surface area contributed by atoms with E-state index in [1.807, 2.05) is 17.8 Å². The van der Waals surface area contributed by atoms with E-state index in [-0.39, 0.29) is 0 Å². The smallest absolute Gasteiger partial charge is 0.351 e. The third-order valence-electron chi connectivity index (χ3n) is 3.92. The van der Waals surface area contributed by atoms with Crippen molar-refractivity contribution in [3.8, 4) is 11.5 Å². The van der Waals surface area contributed by atoms with Crippen molar-refractivity contribution >= 4 is 23.7 Å². The molecule has 0 aromatic heterocycles. The minimum atomic E-state index is -2.07. The molecule has 27 heavy (non-hydrogen) atoms. The number of quaternary nitrogens is 1. The maximum atomic E-state index is 9.04. The van der Waals surface area contributed by atoms with Gasteiger partial charge >= 0.3 is 5.97 Å². The number of ether oxygens (including phenoxy) is 1. The molecule has 1 aliphatic rings. The standard InChI is InChI=1S/C18H21NOS.C2H2O4/c1-19(2)13-7-12-17-14-8-3-4-9-15(14)20-16-10-5-6-11-18(16)21-17;3-1(4)2(5)6/h3-6,8-11,17H,7,12-13H2,1-2H3;(H,3,4)(H,5,6). The molecule has 0 radical (unpaired) electrons. The third kappa shape index (κ3) is 6.30. The van der Waals surface area contributed by atoms with Gasteiger partial charge in [-0.15, -0.1) is 11.8 Å². The zero-order valence-corrected chi connectivity index (χ0v) is 16.1. The van der Waals surface area contributed by atoms with E-state index in [4.69, 9.17) is 24.5 Å². The van der Waals surface area contributed by atoms with Crippen LogP contribution >= 0.6 is 11.8 Å². The van der Waals surface area contributed by atoms with Crippen molar-refractivity contribution < 1.29 is 29.4 Å². The highest BCUT2D eigenvalue weighted by Crippen LogP contribution is 2.49. The Morgan fingerprint density at radius 2 is 1.70 bits per heavy atom. The van der Waals surface area contributed by atoms with Gasteiger partial charge in [0.2, 0.25) is 0 Å². The number of aliphatic carboxylic acids is 2. The number of carboxylic acids is 2. The largest absolute Gasteiger partial charge is 0.539 e. The Hall–Kier alpha value is -2.51. The van der Waals surface area contributed by atoms with Gasteiger partial charge in [-0.05, 0) is 31.0 Å². The van der Waals surface area contributed by atoms with Crippen molar-refractivity contribution in [2.24, 2.45) is 0 Å². The average Bonchev–Trinajstić information content (AvgIpc) is 2.78. The Morgan fingerprint density at radius 1 is 1.11 bits per heavy atom. The fourth-order valence-electron chi connectivity index (χ4n) is 2.66. The van der Waals surface area contributed by atoms with Crippen LogP contribution in [-0.2, 0) is 9.59 Å². The van der Waals surface area contributed by atoms with Crippen LogP contribution in [0.4, 0.5) is 0 Å². The molecule has 2 aromatic rings. The molecule has 0 amide bonds. The summed E-state index contributed by atoms with van der Waals surface area (Å²) < 4.78 is 6.13. The van der Waals surface area contributed by atoms with Gasteiger partial charge < -0.3 is 24.6 Å². The lowest BCUT2D eigenvalue weighted by Gasteiger charge is -2.16. The number of nitrogens with one attached hydrogen (secondary N) is 1. The molecule has 6 nitrogen and oxygen atoms in total. The number of hydrogen-bond donors (Lipinski definition) is 2. The van der Waals surface area contributed by atoms with Crippen molar-refractivity contribution in [2.75, 3.05) is 20.6 Å². The molecule has 1 unspecified atom stereocenters. The number of hydrogen-bond acceptors (Lipinski definition) is 5. The summed E-state index contributed by atoms with van der Waals surface area (Å²) >= 11 is 1.94. The van der Waals surface area contributed by atoms with Crippen LogP contribution in [0.1, 0.15) is 23.7 Å². The molecule has 2 aromatic carbocycles. The second-order valence-corrected chi connectivity index (χ2v) is 7.63. The molecule has 1 aliphatic heterocycles. The van der Waals surface area contributed by atoms with Crippen LogP contribution in [0.2, 0.25) is 0 Å². The summed E-state index contributed by atoms with van der Waals surface area (Å²) in [6, 6.07) is 16.8. The fourth-order valence-corrected chi connectivity index (χ4v) is 3.96. The Bertz CT molecular complexity index is 781. The van der Waals surface area contributed by atoms with Gasteiger partial charge in [-0.25, -0.2) is 4.79 Å². The molecule has 0 spiro atoms. The molecule has 1 atom stereocenters. The van der Waals surface area contributed by atoms with Crippen molar-refractivity contribution in [1.29, 1.82) is 0 Å². The predicted octanol–water partition coefficient (Wildman–Crippen LogP) is 1.37. The van der Waals surface area contributed by atoms with E-state index >= 15 is 0 Å². The molecule has 7 heteroatoms. The van der Waals surface area contributed by atoms with Crippen LogP contribution in [0.3, 0.4) is 0 Å². The van der Waals surface area contributed by atoms with Gasteiger partial charge in [0.1, 0.15) is 11.5 Å². The zero-order chi connectivity index (χ0) is 19.8. The highest BCUT2D eigenvalue weighted by molar-refractivity contribution is 7.99. The van der Waals surface area contributed by atoms with Gasteiger partial charge in [0.25, 0.3) is 0 Å². The fraction of sp³-hybridized carbons (Fsp3) is 0.300. The number of carbonyl (C=O) groups excluding carboxylic acids is 1. The van der Waals surface area contributed by atoms with E-state index in [2.05, 4.69) is 56.6 Å². The lowest BCUT2D eigenvalue weighted by Crippen LogP contribution is -3.05. The van der Waals surface area contributed by atoms with Crippen molar-refractivity contribution in [3.63, 3.8) is 0 Å². The number of carbonyl (C=O) groups is 2. The van der Waals surface area contributed by atoms with E-state index in [1.165, 1.54) is 34.7 Å². The first kappa shape index (κ1) is 20.8. The average molecular weight is 389 g/mol. The quantitative estimate of drug-likeness (QED) is 0.768. The molecule has 0 bridgehead atoms. The number of carboxylic acid groups (broad SMARTS) is 2. The summed E-state index contributed by atoms with van der Waals surface area (Å²) in [6.45, 7) is 1.21. The normalized spacial score (nSPS) is 14.7. The highest BCUT2D eigenvalue weighted by atomic mass is 32.2. The topological polar surface area (TPSA) is 91.1 Å². The van der Waals surface area contributed by atoms with E-state index in [0.29, 0.717) is 5.25 Å². The van der Waals surface area contributed by atoms with Gasteiger partial charge in [0, 0.05) is 10.8 Å². The maximum Gasteiger partial charge on any atom is 0.351 e. The van der Waals surface area contributed by atoms with Gasteiger partial charge in [0.05, 0.1) is 25.5 Å². The minimum Gasteiger partial charge on any atom is -0.539 e. The Kier molecular flexibility index (Phi) is 7.69. The van der Waals surface area contributed by atoms with E-state index in [1.54, 1.807) is 0 Å². The molecule has 0 aliphatic carbocycles. The van der Waals surface area contributed by atoms with Crippen LogP contribution in [-0.4, -0.2) is 37.7 Å². The van der Waals surface area contributed by atoms with Crippen molar-refractivity contribution in [3.05, 3.63) is 54.1 Å². The van der Waals surface area contributed by atoms with Crippen LogP contribution in [0, 0.1) is 0 Å². The van der Waals surface area contributed by atoms with Crippen LogP contribution in [0.5, 0.6) is 11.5 Å². The van der Waals surface area contributed by atoms with E-state index in [9.17, 15) is 0 Å². The number of fused-ring (bicyclic) bond motifs is 2. The number of benzene rings is 2.